The third kappa shape index (κ3) is 4.39. The first kappa shape index (κ1) is 19.2. The Labute approximate surface area is 162 Å². The van der Waals surface area contributed by atoms with E-state index in [1.54, 1.807) is 16.7 Å². The number of thioether (sulfide) groups is 1. The van der Waals surface area contributed by atoms with E-state index < -0.39 is 0 Å². The number of aromatic nitrogens is 2. The molecule has 3 rings (SSSR count). The molecule has 27 heavy (non-hydrogen) atoms. The van der Waals surface area contributed by atoms with E-state index in [-0.39, 0.29) is 23.4 Å². The number of nitrogens with zero attached hydrogens (tertiary/aromatic N) is 2. The SMILES string of the molecule is CCc1ccc(-n2c(SCC(=O)OC(C)C)nc3ccccc3c2=O)cc1. The van der Waals surface area contributed by atoms with Crippen LogP contribution in [-0.4, -0.2) is 27.4 Å². The van der Waals surface area contributed by atoms with Gasteiger partial charge in [-0.2, -0.15) is 0 Å². The first-order valence-corrected chi connectivity index (χ1v) is 9.91. The molecule has 0 N–H and O–H groups in total. The van der Waals surface area contributed by atoms with Gasteiger partial charge in [0.1, 0.15) is 0 Å². The summed E-state index contributed by atoms with van der Waals surface area (Å²) in [5.74, 6) is -0.235. The number of ether oxygens (including phenoxy) is 1. The summed E-state index contributed by atoms with van der Waals surface area (Å²) >= 11 is 1.21. The van der Waals surface area contributed by atoms with E-state index in [0.717, 1.165) is 12.1 Å². The van der Waals surface area contributed by atoms with Gasteiger partial charge < -0.3 is 4.74 Å². The number of aryl methyl sites for hydroxylation is 1. The minimum atomic E-state index is -0.328. The lowest BCUT2D eigenvalue weighted by Gasteiger charge is -2.14. The van der Waals surface area contributed by atoms with Gasteiger partial charge in [0.05, 0.1) is 28.4 Å². The molecule has 0 saturated carbocycles. The molecule has 0 unspecified atom stereocenters. The molecule has 6 heteroatoms. The van der Waals surface area contributed by atoms with Crippen molar-refractivity contribution in [2.24, 2.45) is 0 Å². The van der Waals surface area contributed by atoms with Gasteiger partial charge in [0.2, 0.25) is 0 Å². The highest BCUT2D eigenvalue weighted by molar-refractivity contribution is 7.99. The fourth-order valence-electron chi connectivity index (χ4n) is 2.74. The lowest BCUT2D eigenvalue weighted by atomic mass is 10.1. The molecule has 1 heterocycles. The number of rotatable bonds is 6. The summed E-state index contributed by atoms with van der Waals surface area (Å²) < 4.78 is 6.76. The summed E-state index contributed by atoms with van der Waals surface area (Å²) in [6, 6.07) is 15.1. The molecule has 0 saturated heterocycles. The third-order valence-corrected chi connectivity index (χ3v) is 4.95. The number of carbonyl (C=O) groups is 1. The van der Waals surface area contributed by atoms with Crippen LogP contribution in [0.5, 0.6) is 0 Å². The lowest BCUT2D eigenvalue weighted by molar-refractivity contribution is -0.144. The zero-order valence-corrected chi connectivity index (χ0v) is 16.5. The van der Waals surface area contributed by atoms with E-state index in [0.29, 0.717) is 16.1 Å². The molecule has 5 nitrogen and oxygen atoms in total. The maximum atomic E-state index is 13.1. The number of carbonyl (C=O) groups excluding carboxylic acids is 1. The Kier molecular flexibility index (Phi) is 5.96. The second kappa shape index (κ2) is 8.39. The second-order valence-electron chi connectivity index (χ2n) is 6.40. The highest BCUT2D eigenvalue weighted by atomic mass is 32.2. The molecule has 0 aliphatic carbocycles. The topological polar surface area (TPSA) is 61.2 Å². The van der Waals surface area contributed by atoms with Crippen LogP contribution in [0.15, 0.2) is 58.5 Å². The maximum absolute atomic E-state index is 13.1. The van der Waals surface area contributed by atoms with Gasteiger partial charge in [0, 0.05) is 0 Å². The van der Waals surface area contributed by atoms with Gasteiger partial charge in [-0.1, -0.05) is 43.0 Å². The first-order valence-electron chi connectivity index (χ1n) is 8.93. The molecule has 0 atom stereocenters. The largest absolute Gasteiger partial charge is 0.462 e. The van der Waals surface area contributed by atoms with Gasteiger partial charge in [-0.05, 0) is 50.1 Å². The third-order valence-electron chi connectivity index (χ3n) is 4.03. The zero-order valence-electron chi connectivity index (χ0n) is 15.6. The predicted molar refractivity (Wildman–Crippen MR) is 109 cm³/mol. The Balaban J connectivity index is 2.06. The molecule has 140 valence electrons. The number of para-hydroxylation sites is 1. The Bertz CT molecular complexity index is 1010. The highest BCUT2D eigenvalue weighted by Gasteiger charge is 2.15. The number of hydrogen-bond acceptors (Lipinski definition) is 5. The van der Waals surface area contributed by atoms with Crippen LogP contribution < -0.4 is 5.56 Å². The zero-order chi connectivity index (χ0) is 19.4. The Hall–Kier alpha value is -2.60. The Morgan fingerprint density at radius 2 is 1.85 bits per heavy atom. The molecular weight excluding hydrogens is 360 g/mol. The van der Waals surface area contributed by atoms with Crippen molar-refractivity contribution in [1.29, 1.82) is 0 Å². The van der Waals surface area contributed by atoms with Crippen molar-refractivity contribution in [3.05, 3.63) is 64.4 Å². The molecular formula is C21H22N2O3S. The molecule has 3 aromatic rings. The quantitative estimate of drug-likeness (QED) is 0.366. The van der Waals surface area contributed by atoms with E-state index in [9.17, 15) is 9.59 Å². The number of hydrogen-bond donors (Lipinski definition) is 0. The fraction of sp³-hybridized carbons (Fsp3) is 0.286. The Morgan fingerprint density at radius 1 is 1.15 bits per heavy atom. The monoisotopic (exact) mass is 382 g/mol. The van der Waals surface area contributed by atoms with Crippen LogP contribution in [0.4, 0.5) is 0 Å². The molecule has 0 fully saturated rings. The first-order chi connectivity index (χ1) is 13.0. The molecule has 0 bridgehead atoms. The molecule has 1 aromatic heterocycles. The highest BCUT2D eigenvalue weighted by Crippen LogP contribution is 2.22. The van der Waals surface area contributed by atoms with E-state index in [1.807, 2.05) is 50.2 Å². The normalized spacial score (nSPS) is 11.1. The van der Waals surface area contributed by atoms with E-state index in [2.05, 4.69) is 11.9 Å². The van der Waals surface area contributed by atoms with Gasteiger partial charge >= 0.3 is 5.97 Å². The van der Waals surface area contributed by atoms with Gasteiger partial charge in [-0.3, -0.25) is 14.2 Å². The second-order valence-corrected chi connectivity index (χ2v) is 7.34. The summed E-state index contributed by atoms with van der Waals surface area (Å²) in [5.41, 5.74) is 2.39. The van der Waals surface area contributed by atoms with Crippen molar-refractivity contribution < 1.29 is 9.53 Å². The van der Waals surface area contributed by atoms with Crippen LogP contribution in [0.1, 0.15) is 26.3 Å². The maximum Gasteiger partial charge on any atom is 0.316 e. The number of esters is 1. The average Bonchev–Trinajstić information content (AvgIpc) is 2.66. The summed E-state index contributed by atoms with van der Waals surface area (Å²) in [5, 5.41) is 1.02. The van der Waals surface area contributed by atoms with Crippen LogP contribution in [0, 0.1) is 0 Å². The summed E-state index contributed by atoms with van der Waals surface area (Å²) in [6.45, 7) is 5.70. The Morgan fingerprint density at radius 3 is 2.52 bits per heavy atom. The van der Waals surface area contributed by atoms with Crippen molar-refractivity contribution >= 4 is 28.6 Å². The van der Waals surface area contributed by atoms with Crippen LogP contribution >= 0.6 is 11.8 Å². The molecule has 0 radical (unpaired) electrons. The minimum absolute atomic E-state index is 0.0933. The van der Waals surface area contributed by atoms with Crippen molar-refractivity contribution in [1.82, 2.24) is 9.55 Å². The molecule has 0 spiro atoms. The summed E-state index contributed by atoms with van der Waals surface area (Å²) in [7, 11) is 0. The van der Waals surface area contributed by atoms with Gasteiger partial charge in [0.15, 0.2) is 5.16 Å². The van der Waals surface area contributed by atoms with Crippen molar-refractivity contribution in [2.75, 3.05) is 5.75 Å². The fourth-order valence-corrected chi connectivity index (χ4v) is 3.53. The van der Waals surface area contributed by atoms with Crippen molar-refractivity contribution in [3.63, 3.8) is 0 Å². The van der Waals surface area contributed by atoms with Crippen LogP contribution in [0.2, 0.25) is 0 Å². The number of benzene rings is 2. The molecule has 0 aliphatic rings. The van der Waals surface area contributed by atoms with Gasteiger partial charge in [-0.15, -0.1) is 0 Å². The van der Waals surface area contributed by atoms with Crippen LogP contribution in [0.25, 0.3) is 16.6 Å². The molecule has 0 amide bonds. The van der Waals surface area contributed by atoms with E-state index >= 15 is 0 Å². The molecule has 2 aromatic carbocycles. The summed E-state index contributed by atoms with van der Waals surface area (Å²) in [4.78, 5) is 29.7. The van der Waals surface area contributed by atoms with E-state index in [1.165, 1.54) is 17.3 Å². The van der Waals surface area contributed by atoms with Crippen molar-refractivity contribution in [3.8, 4) is 5.69 Å². The van der Waals surface area contributed by atoms with Crippen LogP contribution in [0.3, 0.4) is 0 Å². The van der Waals surface area contributed by atoms with Crippen LogP contribution in [-0.2, 0) is 16.0 Å². The van der Waals surface area contributed by atoms with E-state index in [4.69, 9.17) is 4.74 Å². The number of fused-ring (bicyclic) bond motifs is 1. The standard InChI is InChI=1S/C21H22N2O3S/c1-4-15-9-11-16(12-10-15)23-20(25)17-7-5-6-8-18(17)22-21(23)27-13-19(24)26-14(2)3/h5-12,14H,4,13H2,1-3H3. The van der Waals surface area contributed by atoms with Crippen molar-refractivity contribution in [2.45, 2.75) is 38.5 Å². The van der Waals surface area contributed by atoms with Gasteiger partial charge in [0.25, 0.3) is 5.56 Å². The lowest BCUT2D eigenvalue weighted by Crippen LogP contribution is -2.22. The molecule has 0 aliphatic heterocycles. The summed E-state index contributed by atoms with van der Waals surface area (Å²) in [6.07, 6.45) is 0.750. The average molecular weight is 382 g/mol. The minimum Gasteiger partial charge on any atom is -0.462 e. The smallest absolute Gasteiger partial charge is 0.316 e. The predicted octanol–water partition coefficient (Wildman–Crippen LogP) is 3.99. The van der Waals surface area contributed by atoms with Gasteiger partial charge in [-0.25, -0.2) is 4.98 Å².